The maximum atomic E-state index is 6.29. The lowest BCUT2D eigenvalue weighted by atomic mass is 9.66. The van der Waals surface area contributed by atoms with Gasteiger partial charge in [-0.15, -0.1) is 11.6 Å². The highest BCUT2D eigenvalue weighted by atomic mass is 35.5. The van der Waals surface area contributed by atoms with Crippen molar-refractivity contribution in [1.29, 1.82) is 0 Å². The summed E-state index contributed by atoms with van der Waals surface area (Å²) in [4.78, 5) is 0. The first kappa shape index (κ1) is 11.8. The first-order valence-corrected chi connectivity index (χ1v) is 7.22. The highest BCUT2D eigenvalue weighted by Crippen LogP contribution is 2.51. The van der Waals surface area contributed by atoms with E-state index in [9.17, 15) is 0 Å². The van der Waals surface area contributed by atoms with Gasteiger partial charge in [0.15, 0.2) is 0 Å². The lowest BCUT2D eigenvalue weighted by molar-refractivity contribution is 0.112. The smallest absolute Gasteiger partial charge is 0.0341 e. The summed E-state index contributed by atoms with van der Waals surface area (Å²) in [5.74, 6) is 1.98. The van der Waals surface area contributed by atoms with Gasteiger partial charge in [0.05, 0.1) is 0 Å². The standard InChI is InChI=1S/C14H25Cl/c1-3-11-5-4-6-12(9-11)14(2)8-7-13(15)10-14/h11-13H,3-10H2,1-2H3. The molecule has 2 saturated carbocycles. The third kappa shape index (κ3) is 2.52. The number of halogens is 1. The van der Waals surface area contributed by atoms with Crippen LogP contribution >= 0.6 is 11.6 Å². The Morgan fingerprint density at radius 3 is 2.67 bits per heavy atom. The Balaban J connectivity index is 1.97. The van der Waals surface area contributed by atoms with Crippen molar-refractivity contribution in [2.24, 2.45) is 17.3 Å². The van der Waals surface area contributed by atoms with Crippen LogP contribution in [0.15, 0.2) is 0 Å². The summed E-state index contributed by atoms with van der Waals surface area (Å²) in [7, 11) is 0. The lowest BCUT2D eigenvalue weighted by Gasteiger charge is -2.40. The molecule has 2 aliphatic carbocycles. The van der Waals surface area contributed by atoms with Gasteiger partial charge in [-0.25, -0.2) is 0 Å². The van der Waals surface area contributed by atoms with E-state index in [-0.39, 0.29) is 0 Å². The van der Waals surface area contributed by atoms with Crippen molar-refractivity contribution in [2.75, 3.05) is 0 Å². The van der Waals surface area contributed by atoms with Crippen LogP contribution in [0.5, 0.6) is 0 Å². The van der Waals surface area contributed by atoms with Gasteiger partial charge in [0, 0.05) is 5.38 Å². The summed E-state index contributed by atoms with van der Waals surface area (Å²) >= 11 is 6.29. The number of hydrogen-bond acceptors (Lipinski definition) is 0. The van der Waals surface area contributed by atoms with E-state index < -0.39 is 0 Å². The fourth-order valence-electron chi connectivity index (χ4n) is 3.86. The zero-order valence-electron chi connectivity index (χ0n) is 10.3. The minimum Gasteiger partial charge on any atom is -0.123 e. The Morgan fingerprint density at radius 2 is 2.07 bits per heavy atom. The quantitative estimate of drug-likeness (QED) is 0.584. The van der Waals surface area contributed by atoms with Gasteiger partial charge in [-0.2, -0.15) is 0 Å². The SMILES string of the molecule is CCC1CCCC(C2(C)CCC(Cl)C2)C1. The monoisotopic (exact) mass is 228 g/mol. The predicted molar refractivity (Wildman–Crippen MR) is 67.3 cm³/mol. The molecule has 1 heteroatoms. The molecule has 88 valence electrons. The Labute approximate surface area is 99.8 Å². The van der Waals surface area contributed by atoms with Crippen molar-refractivity contribution in [2.45, 2.75) is 70.6 Å². The van der Waals surface area contributed by atoms with Crippen LogP contribution in [0, 0.1) is 17.3 Å². The highest BCUT2D eigenvalue weighted by Gasteiger charge is 2.41. The van der Waals surface area contributed by atoms with E-state index in [2.05, 4.69) is 13.8 Å². The fraction of sp³-hybridized carbons (Fsp3) is 1.00. The molecule has 0 spiro atoms. The van der Waals surface area contributed by atoms with Crippen molar-refractivity contribution < 1.29 is 0 Å². The largest absolute Gasteiger partial charge is 0.123 e. The van der Waals surface area contributed by atoms with Crippen LogP contribution in [0.25, 0.3) is 0 Å². The van der Waals surface area contributed by atoms with Crippen molar-refractivity contribution in [3.8, 4) is 0 Å². The van der Waals surface area contributed by atoms with Crippen molar-refractivity contribution >= 4 is 11.6 Å². The van der Waals surface area contributed by atoms with Gasteiger partial charge in [0.2, 0.25) is 0 Å². The predicted octanol–water partition coefficient (Wildman–Crippen LogP) is 5.00. The summed E-state index contributed by atoms with van der Waals surface area (Å²) in [6.07, 6.45) is 11.2. The van der Waals surface area contributed by atoms with Crippen molar-refractivity contribution in [3.05, 3.63) is 0 Å². The maximum absolute atomic E-state index is 6.29. The molecule has 0 nitrogen and oxygen atoms in total. The van der Waals surface area contributed by atoms with E-state index in [0.717, 1.165) is 11.8 Å². The summed E-state index contributed by atoms with van der Waals surface area (Å²) in [5.41, 5.74) is 0.584. The van der Waals surface area contributed by atoms with Crippen LogP contribution in [0.2, 0.25) is 0 Å². The van der Waals surface area contributed by atoms with E-state index >= 15 is 0 Å². The van der Waals surface area contributed by atoms with E-state index in [1.807, 2.05) is 0 Å². The second-order valence-electron chi connectivity index (χ2n) is 6.13. The molecule has 2 fully saturated rings. The van der Waals surface area contributed by atoms with Crippen LogP contribution in [0.4, 0.5) is 0 Å². The topological polar surface area (TPSA) is 0 Å². The average Bonchev–Trinajstić information content (AvgIpc) is 2.60. The molecule has 15 heavy (non-hydrogen) atoms. The molecule has 0 aromatic heterocycles. The van der Waals surface area contributed by atoms with Crippen LogP contribution in [0.3, 0.4) is 0 Å². The Bertz CT molecular complexity index is 213. The number of hydrogen-bond donors (Lipinski definition) is 0. The molecule has 0 bridgehead atoms. The summed E-state index contributed by atoms with van der Waals surface area (Å²) in [6.45, 7) is 4.85. The van der Waals surface area contributed by atoms with Gasteiger partial charge in [-0.1, -0.05) is 33.1 Å². The zero-order valence-corrected chi connectivity index (χ0v) is 11.0. The third-order valence-electron chi connectivity index (χ3n) is 5.06. The van der Waals surface area contributed by atoms with E-state index in [4.69, 9.17) is 11.6 Å². The van der Waals surface area contributed by atoms with Gasteiger partial charge in [-0.05, 0) is 49.4 Å². The molecule has 0 saturated heterocycles. The third-order valence-corrected chi connectivity index (χ3v) is 5.43. The first-order chi connectivity index (χ1) is 7.14. The van der Waals surface area contributed by atoms with Crippen LogP contribution in [-0.2, 0) is 0 Å². The molecule has 0 heterocycles. The summed E-state index contributed by atoms with van der Waals surface area (Å²) < 4.78 is 0. The van der Waals surface area contributed by atoms with Crippen molar-refractivity contribution in [1.82, 2.24) is 0 Å². The normalized spacial score (nSPS) is 47.0. The van der Waals surface area contributed by atoms with Gasteiger partial charge in [-0.3, -0.25) is 0 Å². The molecular weight excluding hydrogens is 204 g/mol. The van der Waals surface area contributed by atoms with E-state index in [1.165, 1.54) is 51.4 Å². The van der Waals surface area contributed by atoms with Gasteiger partial charge < -0.3 is 0 Å². The molecule has 0 radical (unpaired) electrons. The fourth-order valence-corrected chi connectivity index (χ4v) is 4.32. The molecule has 0 aliphatic heterocycles. The minimum absolute atomic E-state index is 0.469. The zero-order chi connectivity index (χ0) is 10.9. The van der Waals surface area contributed by atoms with Crippen LogP contribution in [0.1, 0.15) is 65.2 Å². The lowest BCUT2D eigenvalue weighted by Crippen LogP contribution is -2.29. The summed E-state index contributed by atoms with van der Waals surface area (Å²) in [6, 6.07) is 0. The number of alkyl halides is 1. The molecule has 2 rings (SSSR count). The van der Waals surface area contributed by atoms with Crippen molar-refractivity contribution in [3.63, 3.8) is 0 Å². The molecule has 0 N–H and O–H groups in total. The Morgan fingerprint density at radius 1 is 1.27 bits per heavy atom. The average molecular weight is 229 g/mol. The van der Waals surface area contributed by atoms with Gasteiger partial charge in [0.1, 0.15) is 0 Å². The minimum atomic E-state index is 0.469. The second kappa shape index (κ2) is 4.65. The van der Waals surface area contributed by atoms with E-state index in [1.54, 1.807) is 0 Å². The Kier molecular flexibility index (Phi) is 3.65. The number of rotatable bonds is 2. The Hall–Kier alpha value is 0.290. The maximum Gasteiger partial charge on any atom is 0.0341 e. The van der Waals surface area contributed by atoms with Crippen LogP contribution < -0.4 is 0 Å². The molecule has 0 amide bonds. The van der Waals surface area contributed by atoms with Gasteiger partial charge >= 0.3 is 0 Å². The van der Waals surface area contributed by atoms with E-state index in [0.29, 0.717) is 10.8 Å². The van der Waals surface area contributed by atoms with Gasteiger partial charge in [0.25, 0.3) is 0 Å². The molecule has 0 aromatic carbocycles. The highest BCUT2D eigenvalue weighted by molar-refractivity contribution is 6.20. The molecule has 4 atom stereocenters. The molecule has 0 aromatic rings. The molecular formula is C14H25Cl. The van der Waals surface area contributed by atoms with Crippen LogP contribution in [-0.4, -0.2) is 5.38 Å². The first-order valence-electron chi connectivity index (χ1n) is 6.78. The molecule has 4 unspecified atom stereocenters. The second-order valence-corrected chi connectivity index (χ2v) is 6.75. The molecule has 2 aliphatic rings. The summed E-state index contributed by atoms with van der Waals surface area (Å²) in [5, 5.41) is 0.469.